The Hall–Kier alpha value is -1.91. The molecule has 0 aromatic heterocycles. The monoisotopic (exact) mass is 321 g/mol. The quantitative estimate of drug-likeness (QED) is 0.812. The number of benzene rings is 2. The maximum atomic E-state index is 13.1. The Morgan fingerprint density at radius 3 is 2.45 bits per heavy atom. The molecule has 0 N–H and O–H groups in total. The molecule has 3 nitrogen and oxygen atoms in total. The van der Waals surface area contributed by atoms with Crippen molar-refractivity contribution in [2.45, 2.75) is 12.6 Å². The third-order valence-electron chi connectivity index (χ3n) is 3.63. The zero-order valence-corrected chi connectivity index (χ0v) is 12.8. The highest BCUT2D eigenvalue weighted by Gasteiger charge is 2.32. The summed E-state index contributed by atoms with van der Waals surface area (Å²) in [6.45, 7) is 1.73. The molecule has 0 unspecified atom stereocenters. The van der Waals surface area contributed by atoms with Crippen molar-refractivity contribution in [1.29, 1.82) is 0 Å². The topological polar surface area (TPSA) is 29.5 Å². The fourth-order valence-electron chi connectivity index (χ4n) is 2.60. The fraction of sp³-hybridized carbons (Fsp3) is 0.235. The molecule has 2 aromatic carbocycles. The van der Waals surface area contributed by atoms with Gasteiger partial charge in [0.05, 0.1) is 0 Å². The van der Waals surface area contributed by atoms with Crippen LogP contribution in [0.25, 0.3) is 0 Å². The van der Waals surface area contributed by atoms with E-state index >= 15 is 0 Å². The van der Waals surface area contributed by atoms with Crippen LogP contribution in [0.3, 0.4) is 0 Å². The number of hydrogen-bond donors (Lipinski definition) is 0. The molecule has 116 valence electrons. The van der Waals surface area contributed by atoms with Crippen molar-refractivity contribution in [3.63, 3.8) is 0 Å². The summed E-state index contributed by atoms with van der Waals surface area (Å²) in [5, 5.41) is 0. The van der Waals surface area contributed by atoms with Crippen molar-refractivity contribution in [2.24, 2.45) is 0 Å². The smallest absolute Gasteiger partial charge is 0.328 e. The van der Waals surface area contributed by atoms with E-state index in [1.165, 1.54) is 12.1 Å². The number of carbonyl (C=O) groups is 1. The van der Waals surface area contributed by atoms with Gasteiger partial charge in [0, 0.05) is 13.1 Å². The molecule has 0 aliphatic carbocycles. The van der Waals surface area contributed by atoms with E-state index in [0.717, 1.165) is 11.1 Å². The zero-order valence-electron chi connectivity index (χ0n) is 11.9. The highest BCUT2D eigenvalue weighted by atomic mass is 35.5. The number of nitrogens with zero attached hydrogens (tertiary/aromatic N) is 1. The van der Waals surface area contributed by atoms with Gasteiger partial charge in [0.1, 0.15) is 18.5 Å². The van der Waals surface area contributed by atoms with Crippen molar-refractivity contribution in [2.75, 3.05) is 13.2 Å². The van der Waals surface area contributed by atoms with Gasteiger partial charge in [-0.3, -0.25) is 4.90 Å². The summed E-state index contributed by atoms with van der Waals surface area (Å²) >= 11 is 0. The number of rotatable bonds is 3. The van der Waals surface area contributed by atoms with E-state index in [9.17, 15) is 9.18 Å². The minimum atomic E-state index is -0.473. The highest BCUT2D eigenvalue weighted by molar-refractivity contribution is 5.85. The van der Waals surface area contributed by atoms with E-state index in [0.29, 0.717) is 19.7 Å². The molecular formula is C17H17ClFNO2. The first-order valence-corrected chi connectivity index (χ1v) is 6.94. The van der Waals surface area contributed by atoms with Gasteiger partial charge < -0.3 is 4.74 Å². The summed E-state index contributed by atoms with van der Waals surface area (Å²) in [5.41, 5.74) is 1.90. The normalized spacial score (nSPS) is 18.4. The van der Waals surface area contributed by atoms with Crippen molar-refractivity contribution >= 4 is 18.4 Å². The van der Waals surface area contributed by atoms with Crippen molar-refractivity contribution in [1.82, 2.24) is 4.90 Å². The molecule has 0 saturated carbocycles. The van der Waals surface area contributed by atoms with Crippen LogP contribution in [0.2, 0.25) is 0 Å². The van der Waals surface area contributed by atoms with Crippen LogP contribution in [-0.4, -0.2) is 24.0 Å². The van der Waals surface area contributed by atoms with E-state index in [-0.39, 0.29) is 24.2 Å². The Bertz CT molecular complexity index is 618. The molecule has 0 amide bonds. The second-order valence-corrected chi connectivity index (χ2v) is 5.08. The number of morpholine rings is 1. The Kier molecular flexibility index (Phi) is 5.52. The Morgan fingerprint density at radius 2 is 1.77 bits per heavy atom. The summed E-state index contributed by atoms with van der Waals surface area (Å²) in [7, 11) is 0. The molecule has 1 saturated heterocycles. The first-order chi connectivity index (χ1) is 10.2. The standard InChI is InChI=1S/C17H16FNO2.ClH/c18-15-8-6-14(7-9-15)16-17(20)21-11-10-19(16)12-13-4-2-1-3-5-13;/h1-9,16H,10-12H2;1H/t16-;/m0./s1. The number of cyclic esters (lactones) is 1. The van der Waals surface area contributed by atoms with Gasteiger partial charge >= 0.3 is 5.97 Å². The Labute approximate surface area is 135 Å². The van der Waals surface area contributed by atoms with E-state index in [1.54, 1.807) is 12.1 Å². The van der Waals surface area contributed by atoms with Crippen LogP contribution in [0, 0.1) is 5.82 Å². The second kappa shape index (κ2) is 7.38. The lowest BCUT2D eigenvalue weighted by Crippen LogP contribution is -2.42. The van der Waals surface area contributed by atoms with Crippen LogP contribution in [0.5, 0.6) is 0 Å². The molecule has 0 spiro atoms. The molecule has 3 rings (SSSR count). The van der Waals surface area contributed by atoms with E-state index in [1.807, 2.05) is 30.3 Å². The maximum absolute atomic E-state index is 13.1. The molecule has 1 aliphatic rings. The SMILES string of the molecule is Cl.O=C1OCCN(Cc2ccccc2)[C@H]1c1ccc(F)cc1. The first kappa shape index (κ1) is 16.5. The number of halogens is 2. The highest BCUT2D eigenvalue weighted by Crippen LogP contribution is 2.27. The molecule has 1 heterocycles. The van der Waals surface area contributed by atoms with Gasteiger partial charge in [-0.25, -0.2) is 9.18 Å². The molecule has 5 heteroatoms. The van der Waals surface area contributed by atoms with Crippen molar-refractivity contribution < 1.29 is 13.9 Å². The second-order valence-electron chi connectivity index (χ2n) is 5.08. The van der Waals surface area contributed by atoms with Gasteiger partial charge in [0.15, 0.2) is 0 Å². The van der Waals surface area contributed by atoms with E-state index in [2.05, 4.69) is 4.90 Å². The van der Waals surface area contributed by atoms with Crippen LogP contribution in [0.4, 0.5) is 4.39 Å². The van der Waals surface area contributed by atoms with Crippen molar-refractivity contribution in [3.8, 4) is 0 Å². The Morgan fingerprint density at radius 1 is 1.09 bits per heavy atom. The third kappa shape index (κ3) is 3.64. The van der Waals surface area contributed by atoms with Gasteiger partial charge in [-0.15, -0.1) is 12.4 Å². The minimum Gasteiger partial charge on any atom is -0.463 e. The third-order valence-corrected chi connectivity index (χ3v) is 3.63. The Balaban J connectivity index is 0.00000176. The maximum Gasteiger partial charge on any atom is 0.328 e. The molecule has 2 aromatic rings. The number of ether oxygens (including phenoxy) is 1. The zero-order chi connectivity index (χ0) is 14.7. The van der Waals surface area contributed by atoms with Crippen LogP contribution in [0.1, 0.15) is 17.2 Å². The molecule has 1 aliphatic heterocycles. The van der Waals surface area contributed by atoms with E-state index < -0.39 is 6.04 Å². The molecule has 1 fully saturated rings. The van der Waals surface area contributed by atoms with Gasteiger partial charge in [0.2, 0.25) is 0 Å². The number of esters is 1. The van der Waals surface area contributed by atoms with Crippen LogP contribution >= 0.6 is 12.4 Å². The summed E-state index contributed by atoms with van der Waals surface area (Å²) in [5.74, 6) is -0.582. The van der Waals surface area contributed by atoms with Gasteiger partial charge in [-0.1, -0.05) is 42.5 Å². The van der Waals surface area contributed by atoms with Crippen LogP contribution in [0.15, 0.2) is 54.6 Å². The number of hydrogen-bond acceptors (Lipinski definition) is 3. The molecular weight excluding hydrogens is 305 g/mol. The summed E-state index contributed by atoms with van der Waals surface area (Å²) < 4.78 is 18.2. The lowest BCUT2D eigenvalue weighted by Gasteiger charge is -2.34. The fourth-order valence-corrected chi connectivity index (χ4v) is 2.60. The lowest BCUT2D eigenvalue weighted by molar-refractivity contribution is -0.158. The predicted octanol–water partition coefficient (Wildman–Crippen LogP) is 3.35. The summed E-state index contributed by atoms with van der Waals surface area (Å²) in [6, 6.07) is 15.5. The summed E-state index contributed by atoms with van der Waals surface area (Å²) in [6.07, 6.45) is 0. The average Bonchev–Trinajstić information content (AvgIpc) is 2.50. The van der Waals surface area contributed by atoms with Gasteiger partial charge in [0.25, 0.3) is 0 Å². The van der Waals surface area contributed by atoms with Crippen molar-refractivity contribution in [3.05, 3.63) is 71.5 Å². The molecule has 1 atom stereocenters. The minimum absolute atomic E-state index is 0. The lowest BCUT2D eigenvalue weighted by atomic mass is 10.0. The largest absolute Gasteiger partial charge is 0.463 e. The first-order valence-electron chi connectivity index (χ1n) is 6.94. The summed E-state index contributed by atoms with van der Waals surface area (Å²) in [4.78, 5) is 14.2. The van der Waals surface area contributed by atoms with Crippen LogP contribution < -0.4 is 0 Å². The molecule has 0 bridgehead atoms. The number of carbonyl (C=O) groups excluding carboxylic acids is 1. The average molecular weight is 322 g/mol. The van der Waals surface area contributed by atoms with Crippen LogP contribution in [-0.2, 0) is 16.1 Å². The molecule has 22 heavy (non-hydrogen) atoms. The van der Waals surface area contributed by atoms with Gasteiger partial charge in [-0.05, 0) is 23.3 Å². The van der Waals surface area contributed by atoms with E-state index in [4.69, 9.17) is 4.74 Å². The predicted molar refractivity (Wildman–Crippen MR) is 84.2 cm³/mol. The molecule has 0 radical (unpaired) electrons. The van der Waals surface area contributed by atoms with Gasteiger partial charge in [-0.2, -0.15) is 0 Å².